The number of carbonyl (C=O) groups is 6. The zero-order valence-corrected chi connectivity index (χ0v) is 82.1. The van der Waals surface area contributed by atoms with Gasteiger partial charge in [0.1, 0.15) is 129 Å². The number of halogens is 8. The number of Topliss-reactive ketones (excluding diaryl/α,β-unsaturated/α-hetero) is 3. The van der Waals surface area contributed by atoms with Crippen LogP contribution in [0.15, 0.2) is 340 Å². The SMILES string of the molecule is C.C.C.C.CC(=O)[O-].FC(F)(F)c1cnc(-c2ccc(OCc3ccccc3)cc2)[nH]1.NCc1cccc(O)c1.O=C(C(Br)Br)C(F)(F)F.O=C(CCc1cccc(O)c1)c1cnc(-c2ccc(O)cc2)[nH]1.O=C(CCc1cccc(O)c1)c1cnc(-c2ccc(OCc3ccccc3)cc2)[nH]1.O=C(O)c1cnc(-c2ccc(OCc3ccccc3)cc2)[nH]1.O=Cc1ccc(OCc2ccccc2)cc1.[Na+].[Na+].[OH-]. The van der Waals surface area contributed by atoms with Gasteiger partial charge in [0.25, 0.3) is 5.78 Å². The van der Waals surface area contributed by atoms with E-state index in [9.17, 15) is 65.6 Å². The van der Waals surface area contributed by atoms with E-state index in [4.69, 9.17) is 44.8 Å². The number of aromatic carboxylic acids is 1. The Morgan fingerprint density at radius 1 is 0.392 bits per heavy atom. The Morgan fingerprint density at radius 3 is 0.923 bits per heavy atom. The number of H-pyrrole nitrogens is 4. The number of aromatic amines is 4. The summed E-state index contributed by atoms with van der Waals surface area (Å²) in [5.74, 6) is 1.74. The average molecular weight is 2110 g/mol. The number of alkyl halides is 8. The fourth-order valence-corrected chi connectivity index (χ4v) is 12.3. The van der Waals surface area contributed by atoms with Crippen LogP contribution in [-0.2, 0) is 61.6 Å². The molecule has 26 nitrogen and oxygen atoms in total. The first-order chi connectivity index (χ1) is 65.3. The number of aliphatic carboxylic acids is 1. The molecule has 0 bridgehead atoms. The van der Waals surface area contributed by atoms with Gasteiger partial charge in [0.2, 0.25) is 0 Å². The van der Waals surface area contributed by atoms with Crippen molar-refractivity contribution in [3.8, 4) is 91.5 Å². The Morgan fingerprint density at radius 2 is 0.664 bits per heavy atom. The number of aromatic nitrogens is 8. The van der Waals surface area contributed by atoms with Gasteiger partial charge in [-0.05, 0) is 216 Å². The van der Waals surface area contributed by atoms with Gasteiger partial charge in [0.15, 0.2) is 11.6 Å². The number of nitrogens with one attached hydrogen (secondary N) is 4. The van der Waals surface area contributed by atoms with Crippen molar-refractivity contribution in [2.75, 3.05) is 0 Å². The van der Waals surface area contributed by atoms with Crippen LogP contribution in [0.4, 0.5) is 26.3 Å². The van der Waals surface area contributed by atoms with Crippen molar-refractivity contribution in [2.24, 2.45) is 5.73 Å². The molecule has 0 spiro atoms. The van der Waals surface area contributed by atoms with Crippen LogP contribution in [0.1, 0.15) is 136 Å². The maximum Gasteiger partial charge on any atom is 1.00 e. The summed E-state index contributed by atoms with van der Waals surface area (Å²) in [5.41, 5.74) is 16.3. The molecule has 0 amide bonds. The number of hydrogen-bond donors (Lipinski definition) is 10. The van der Waals surface area contributed by atoms with Gasteiger partial charge < -0.3 is 85.5 Å². The number of imidazole rings is 4. The third-order valence-corrected chi connectivity index (χ3v) is 19.5. The molecule has 0 aliphatic heterocycles. The third kappa shape index (κ3) is 45.2. The molecule has 16 rings (SSSR count). The molecule has 0 aliphatic rings. The van der Waals surface area contributed by atoms with Gasteiger partial charge in [-0.25, -0.2) is 24.7 Å². The van der Waals surface area contributed by atoms with E-state index in [0.29, 0.717) is 104 Å². The fourth-order valence-electron chi connectivity index (χ4n) is 11.8. The Kier molecular flexibility index (Phi) is 56.9. The number of nitrogens with two attached hydrogens (primary N) is 1. The quantitative estimate of drug-likeness (QED) is 0.00716. The number of hydrogen-bond acceptors (Lipinski definition) is 21. The number of aryl methyl sites for hydroxylation is 2. The Hall–Kier alpha value is -14.0. The second-order valence-corrected chi connectivity index (χ2v) is 32.1. The summed E-state index contributed by atoms with van der Waals surface area (Å²) in [6, 6.07) is 95.7. The van der Waals surface area contributed by atoms with Crippen molar-refractivity contribution in [3.63, 3.8) is 0 Å². The average Bonchev–Trinajstić information content (AvgIpc) is 1.98. The summed E-state index contributed by atoms with van der Waals surface area (Å²) in [4.78, 5) is 92.3. The van der Waals surface area contributed by atoms with E-state index in [-0.39, 0.29) is 140 Å². The van der Waals surface area contributed by atoms with Crippen molar-refractivity contribution in [1.29, 1.82) is 0 Å². The molecule has 740 valence electrons. The molecule has 0 saturated carbocycles. The van der Waals surface area contributed by atoms with Crippen LogP contribution >= 0.6 is 31.9 Å². The Balaban J connectivity index is 0.000000571. The number of ether oxygens (including phenoxy) is 4. The molecule has 143 heavy (non-hydrogen) atoms. The number of nitrogens with zero attached hydrogens (tertiary/aromatic N) is 4. The minimum absolute atomic E-state index is 0. The van der Waals surface area contributed by atoms with E-state index >= 15 is 0 Å². The first kappa shape index (κ1) is 125. The molecule has 12 aromatic carbocycles. The van der Waals surface area contributed by atoms with Gasteiger partial charge in [0.05, 0.1) is 24.8 Å². The molecule has 0 fully saturated rings. The number of rotatable bonds is 28. The van der Waals surface area contributed by atoms with Crippen LogP contribution in [-0.4, -0.2) is 116 Å². The number of aldehydes is 1. The maximum atomic E-state index is 12.6. The van der Waals surface area contributed by atoms with Crippen LogP contribution in [0.5, 0.6) is 46.0 Å². The van der Waals surface area contributed by atoms with Crippen molar-refractivity contribution >= 4 is 67.4 Å². The topological polar surface area (TPSA) is 434 Å². The molecule has 0 aliphatic carbocycles. The summed E-state index contributed by atoms with van der Waals surface area (Å²) in [5, 5.41) is 54.9. The smallest absolute Gasteiger partial charge is 0.870 e. The van der Waals surface area contributed by atoms with E-state index in [2.05, 4.69) is 71.7 Å². The molecule has 0 unspecified atom stereocenters. The molecule has 36 heteroatoms. The first-order valence-electron chi connectivity index (χ1n) is 41.3. The van der Waals surface area contributed by atoms with Gasteiger partial charge >= 0.3 is 77.4 Å². The summed E-state index contributed by atoms with van der Waals surface area (Å²) < 4.78 is 92.9. The van der Waals surface area contributed by atoms with Crippen molar-refractivity contribution < 1.29 is 169 Å². The number of carboxylic acids is 2. The minimum atomic E-state index is -4.75. The van der Waals surface area contributed by atoms with Gasteiger partial charge in [0, 0.05) is 53.2 Å². The Bertz CT molecular complexity index is 6400. The summed E-state index contributed by atoms with van der Waals surface area (Å²) in [7, 11) is 0. The summed E-state index contributed by atoms with van der Waals surface area (Å²) >= 11 is 4.85. The second-order valence-electron chi connectivity index (χ2n) is 29.0. The number of phenolic OH excluding ortho intramolecular Hbond substituents is 4. The third-order valence-electron chi connectivity index (χ3n) is 18.7. The van der Waals surface area contributed by atoms with Crippen molar-refractivity contribution in [3.05, 3.63) is 408 Å². The van der Waals surface area contributed by atoms with Crippen LogP contribution in [0.2, 0.25) is 0 Å². The minimum Gasteiger partial charge on any atom is -0.870 e. The van der Waals surface area contributed by atoms with Gasteiger partial charge in [-0.1, -0.05) is 219 Å². The molecular weight excluding hydrogens is 2000 g/mol. The van der Waals surface area contributed by atoms with Crippen LogP contribution in [0, 0.1) is 0 Å². The van der Waals surface area contributed by atoms with Crippen LogP contribution < -0.4 is 88.9 Å². The predicted octanol–water partition coefficient (Wildman–Crippen LogP) is 17.8. The molecule has 0 saturated heterocycles. The zero-order chi connectivity index (χ0) is 97.8. The summed E-state index contributed by atoms with van der Waals surface area (Å²) in [6.45, 7) is 3.44. The largest absolute Gasteiger partial charge is 1.00 e. The molecule has 0 atom stereocenters. The zero-order valence-electron chi connectivity index (χ0n) is 74.9. The van der Waals surface area contributed by atoms with Crippen molar-refractivity contribution in [2.45, 2.75) is 111 Å². The maximum absolute atomic E-state index is 12.6. The van der Waals surface area contributed by atoms with E-state index in [1.54, 1.807) is 134 Å². The van der Waals surface area contributed by atoms with Gasteiger partial charge in [-0.2, -0.15) is 26.3 Å². The number of carbonyl (C=O) groups excluding carboxylic acids is 5. The molecule has 16 aromatic rings. The number of aromatic hydroxyl groups is 4. The van der Waals surface area contributed by atoms with Crippen LogP contribution in [0.3, 0.4) is 0 Å². The molecule has 4 heterocycles. The second kappa shape index (κ2) is 65.1. The predicted molar refractivity (Wildman–Crippen MR) is 534 cm³/mol. The number of carboxylic acid groups (broad SMARTS) is 2. The van der Waals surface area contributed by atoms with E-state index in [1.807, 2.05) is 188 Å². The number of benzene rings is 12. The first-order valence-corrected chi connectivity index (χ1v) is 43.2. The van der Waals surface area contributed by atoms with Crippen LogP contribution in [0.25, 0.3) is 45.6 Å². The van der Waals surface area contributed by atoms with E-state index in [0.717, 1.165) is 92.3 Å². The normalized spacial score (nSPS) is 10.0. The van der Waals surface area contributed by atoms with E-state index < -0.39 is 39.5 Å². The molecule has 4 aromatic heterocycles. The molecule has 0 radical (unpaired) electrons. The number of ketones is 3. The molecular formula is C107H107Br2F6N9Na2O17. The molecule has 12 N–H and O–H groups in total. The summed E-state index contributed by atoms with van der Waals surface area (Å²) in [6.07, 6.45) is -1.38. The Labute approximate surface area is 885 Å². The van der Waals surface area contributed by atoms with Gasteiger partial charge in [-0.3, -0.25) is 19.2 Å². The van der Waals surface area contributed by atoms with Crippen molar-refractivity contribution in [1.82, 2.24) is 39.9 Å². The standard InChI is InChI=1S/C25H22N2O3.C18H16N2O3.C17H13F3N2O.C17H14N2O3.C14H12O2.C7H9NO.C3HBr2F3O.C2H4O2.4CH4.2Na.H2O/c28-21-8-4-7-18(15-21)9-14-24(29)23-16-26-25(27-23)20-10-12-22(13-11-20)30-17-19-5-2-1-3-6-19;21-14-7-5-13(6-8-14)18-19-11-16(20-18)17(23)9-4-12-2-1-3-15(22)10-12;18-17(19,20)15-10-21-16(22-15)13-6-8-14(9-7-13)23-11-12-4-2-1-3-5-12;20-17(21)15-10-18-16(19-15)13-6-8-14(9-7-13)22-11-12-4-2-1-3-5-12;15-10-12-6-8-14(9-7-12)16-11-13-4-2-1-3-5-13;8-5-6-2-1-3-7(9)4-6;4-2(5)1(9)3(6,7)8;1-2(3)4;;;;;;;/h1-8,10-13,15-16,28H,9,14,17H2,(H,26,27);1-3,5-8,10-11,21-22H,4,9H2,(H,19,20);1-10H,11H2,(H,21,22);1-10H,11H2,(H,18,19)(H,20,21);1-10H,11H2;1-4,9H,5,8H2;2H;1H3,(H,3,4);4*1H4;;;1H2/q;;;;;;;;;;;;2*+1;/p-2. The van der Waals surface area contributed by atoms with Gasteiger partial charge in [-0.15, -0.1) is 0 Å². The number of phenols is 4. The fraction of sp³-hybridized carbons (Fsp3) is 0.159. The van der Waals surface area contributed by atoms with E-state index in [1.165, 1.54) is 12.4 Å². The monoisotopic (exact) mass is 2110 g/mol.